The van der Waals surface area contributed by atoms with Gasteiger partial charge < -0.3 is 19.9 Å². The summed E-state index contributed by atoms with van der Waals surface area (Å²) < 4.78 is 7.34. The van der Waals surface area contributed by atoms with E-state index < -0.39 is 7.05 Å². The second kappa shape index (κ2) is 8.21. The number of hydrogen-bond donors (Lipinski definition) is 2. The summed E-state index contributed by atoms with van der Waals surface area (Å²) in [5, 5.41) is 14.0. The van der Waals surface area contributed by atoms with Crippen molar-refractivity contribution in [2.45, 2.75) is 25.7 Å². The second-order valence-corrected chi connectivity index (χ2v) is 8.09. The molecular formula is C23H26BN5O2. The molecule has 2 N–H and O–H groups in total. The summed E-state index contributed by atoms with van der Waals surface area (Å²) >= 11 is 0. The summed E-state index contributed by atoms with van der Waals surface area (Å²) in [5.74, 6) is 1.64. The van der Waals surface area contributed by atoms with Gasteiger partial charge in [-0.25, -0.2) is 9.97 Å². The standard InChI is InChI=1S/C23H26BN5O2/c1-24(30)27-17-10-12-28(13-11-17)21-5-3-4-16-6-9-22(26-23(16)21)29-15-25-19-14-18(31-2)7-8-20(19)29/h3-9,14-15,17,27,30H,10-13H2,1-2H3. The van der Waals surface area contributed by atoms with Gasteiger partial charge in [-0.05, 0) is 50.0 Å². The molecule has 3 heterocycles. The van der Waals surface area contributed by atoms with E-state index in [-0.39, 0.29) is 0 Å². The molecule has 0 aliphatic carbocycles. The normalized spacial score (nSPS) is 15.0. The number of rotatable bonds is 5. The van der Waals surface area contributed by atoms with Crippen molar-refractivity contribution in [1.29, 1.82) is 0 Å². The van der Waals surface area contributed by atoms with E-state index in [0.717, 1.165) is 65.1 Å². The maximum atomic E-state index is 9.61. The topological polar surface area (TPSA) is 75.4 Å². The SMILES string of the molecule is COc1ccc2c(c1)ncn2-c1ccc2cccc(N3CCC(NB(C)O)CC3)c2n1. The van der Waals surface area contributed by atoms with Crippen molar-refractivity contribution in [3.05, 3.63) is 54.9 Å². The minimum absolute atomic E-state index is 0.351. The molecule has 1 saturated heterocycles. The predicted octanol–water partition coefficient (Wildman–Crippen LogP) is 3.25. The number of para-hydroxylation sites is 1. The van der Waals surface area contributed by atoms with E-state index >= 15 is 0 Å². The van der Waals surface area contributed by atoms with Crippen LogP contribution >= 0.6 is 0 Å². The molecule has 0 amide bonds. The van der Waals surface area contributed by atoms with E-state index in [1.165, 1.54) is 0 Å². The Kier molecular flexibility index (Phi) is 5.25. The molecule has 5 rings (SSSR count). The average Bonchev–Trinajstić information content (AvgIpc) is 3.21. The molecule has 1 fully saturated rings. The second-order valence-electron chi connectivity index (χ2n) is 8.09. The number of aromatic nitrogens is 3. The quantitative estimate of drug-likeness (QED) is 0.488. The largest absolute Gasteiger partial charge is 0.497 e. The monoisotopic (exact) mass is 415 g/mol. The van der Waals surface area contributed by atoms with Gasteiger partial charge in [0.2, 0.25) is 0 Å². The lowest BCUT2D eigenvalue weighted by Crippen LogP contribution is -2.47. The van der Waals surface area contributed by atoms with Gasteiger partial charge in [0, 0.05) is 30.6 Å². The predicted molar refractivity (Wildman–Crippen MR) is 125 cm³/mol. The third kappa shape index (κ3) is 3.84. The van der Waals surface area contributed by atoms with Crippen molar-refractivity contribution in [1.82, 2.24) is 19.8 Å². The molecule has 2 aromatic carbocycles. The van der Waals surface area contributed by atoms with Crippen LogP contribution in [0.2, 0.25) is 6.82 Å². The summed E-state index contributed by atoms with van der Waals surface area (Å²) in [6, 6.07) is 16.8. The van der Waals surface area contributed by atoms with E-state index in [9.17, 15) is 5.02 Å². The summed E-state index contributed by atoms with van der Waals surface area (Å²) in [5.41, 5.74) is 4.02. The molecule has 4 aromatic rings. The van der Waals surface area contributed by atoms with Gasteiger partial charge in [-0.2, -0.15) is 0 Å². The maximum Gasteiger partial charge on any atom is 0.373 e. The Morgan fingerprint density at radius 1 is 1.13 bits per heavy atom. The van der Waals surface area contributed by atoms with Gasteiger partial charge in [-0.15, -0.1) is 0 Å². The fourth-order valence-corrected chi connectivity index (χ4v) is 4.44. The van der Waals surface area contributed by atoms with E-state index in [1.54, 1.807) is 13.9 Å². The Labute approximate surface area is 181 Å². The van der Waals surface area contributed by atoms with Crippen molar-refractivity contribution in [3.8, 4) is 11.6 Å². The molecular weight excluding hydrogens is 389 g/mol. The van der Waals surface area contributed by atoms with Crippen LogP contribution in [0.25, 0.3) is 27.8 Å². The fourth-order valence-electron chi connectivity index (χ4n) is 4.44. The highest BCUT2D eigenvalue weighted by molar-refractivity contribution is 6.45. The van der Waals surface area contributed by atoms with E-state index in [1.807, 2.05) is 35.2 Å². The third-order valence-corrected chi connectivity index (χ3v) is 6.00. The van der Waals surface area contributed by atoms with Crippen LogP contribution in [0.15, 0.2) is 54.9 Å². The number of hydrogen-bond acceptors (Lipinski definition) is 6. The molecule has 2 aromatic heterocycles. The van der Waals surface area contributed by atoms with E-state index in [2.05, 4.69) is 39.4 Å². The number of nitrogens with one attached hydrogen (secondary N) is 1. The highest BCUT2D eigenvalue weighted by atomic mass is 16.5. The highest BCUT2D eigenvalue weighted by Crippen LogP contribution is 2.30. The minimum atomic E-state index is -0.469. The van der Waals surface area contributed by atoms with Gasteiger partial charge in [0.15, 0.2) is 0 Å². The number of pyridine rings is 1. The summed E-state index contributed by atoms with van der Waals surface area (Å²) in [6.07, 6.45) is 3.80. The molecule has 0 saturated carbocycles. The van der Waals surface area contributed by atoms with Crippen LogP contribution in [0.1, 0.15) is 12.8 Å². The Bertz CT molecular complexity index is 1220. The van der Waals surface area contributed by atoms with Gasteiger partial charge in [0.05, 0.1) is 29.3 Å². The molecule has 7 nitrogen and oxygen atoms in total. The van der Waals surface area contributed by atoms with Crippen LogP contribution in [0.3, 0.4) is 0 Å². The van der Waals surface area contributed by atoms with Crippen molar-refractivity contribution in [2.24, 2.45) is 0 Å². The van der Waals surface area contributed by atoms with Crippen molar-refractivity contribution in [2.75, 3.05) is 25.1 Å². The lowest BCUT2D eigenvalue weighted by Gasteiger charge is -2.34. The minimum Gasteiger partial charge on any atom is -0.497 e. The highest BCUT2D eigenvalue weighted by Gasteiger charge is 2.22. The first kappa shape index (κ1) is 19.8. The summed E-state index contributed by atoms with van der Waals surface area (Å²) in [6.45, 7) is 3.64. The number of piperidine rings is 1. The smallest absolute Gasteiger partial charge is 0.373 e. The fraction of sp³-hybridized carbons (Fsp3) is 0.304. The van der Waals surface area contributed by atoms with Crippen molar-refractivity contribution < 1.29 is 9.76 Å². The lowest BCUT2D eigenvalue weighted by molar-refractivity contribution is 0.415. The summed E-state index contributed by atoms with van der Waals surface area (Å²) in [4.78, 5) is 12.0. The molecule has 0 unspecified atom stereocenters. The molecule has 158 valence electrons. The van der Waals surface area contributed by atoms with Crippen LogP contribution < -0.4 is 14.9 Å². The first-order valence-electron chi connectivity index (χ1n) is 10.7. The zero-order valence-corrected chi connectivity index (χ0v) is 17.8. The van der Waals surface area contributed by atoms with Crippen LogP contribution in [-0.2, 0) is 0 Å². The number of ether oxygens (including phenoxy) is 1. The molecule has 0 spiro atoms. The van der Waals surface area contributed by atoms with Gasteiger partial charge >= 0.3 is 7.05 Å². The van der Waals surface area contributed by atoms with Gasteiger partial charge in [-0.1, -0.05) is 12.1 Å². The number of benzene rings is 2. The number of imidazole rings is 1. The van der Waals surface area contributed by atoms with Crippen LogP contribution in [0.5, 0.6) is 5.75 Å². The van der Waals surface area contributed by atoms with Gasteiger partial charge in [-0.3, -0.25) is 4.57 Å². The van der Waals surface area contributed by atoms with E-state index in [4.69, 9.17) is 9.72 Å². The first-order chi connectivity index (χ1) is 15.1. The Balaban J connectivity index is 1.49. The number of fused-ring (bicyclic) bond motifs is 2. The number of methoxy groups -OCH3 is 1. The average molecular weight is 415 g/mol. The maximum absolute atomic E-state index is 9.61. The molecule has 8 heteroatoms. The molecule has 0 bridgehead atoms. The Morgan fingerprint density at radius 3 is 2.74 bits per heavy atom. The van der Waals surface area contributed by atoms with Crippen molar-refractivity contribution in [3.63, 3.8) is 0 Å². The summed E-state index contributed by atoms with van der Waals surface area (Å²) in [7, 11) is 1.19. The van der Waals surface area contributed by atoms with Crippen LogP contribution in [-0.4, -0.2) is 52.9 Å². The van der Waals surface area contributed by atoms with Gasteiger partial charge in [0.25, 0.3) is 0 Å². The number of nitrogens with zero attached hydrogens (tertiary/aromatic N) is 4. The Morgan fingerprint density at radius 2 is 1.97 bits per heavy atom. The van der Waals surface area contributed by atoms with E-state index in [0.29, 0.717) is 6.04 Å². The van der Waals surface area contributed by atoms with Gasteiger partial charge in [0.1, 0.15) is 17.9 Å². The number of anilines is 1. The third-order valence-electron chi connectivity index (χ3n) is 6.00. The zero-order chi connectivity index (χ0) is 21.4. The van der Waals surface area contributed by atoms with Crippen LogP contribution in [0, 0.1) is 0 Å². The Hall–Kier alpha value is -3.10. The van der Waals surface area contributed by atoms with Crippen LogP contribution in [0.4, 0.5) is 5.69 Å². The molecule has 0 radical (unpaired) electrons. The molecule has 1 aliphatic heterocycles. The molecule has 1 aliphatic rings. The molecule has 0 atom stereocenters. The molecule has 31 heavy (non-hydrogen) atoms. The van der Waals surface area contributed by atoms with Crippen molar-refractivity contribution >= 4 is 34.7 Å². The first-order valence-corrected chi connectivity index (χ1v) is 10.7. The lowest BCUT2D eigenvalue weighted by atomic mass is 9.85. The zero-order valence-electron chi connectivity index (χ0n) is 17.8.